The number of carboxylic acids is 2. The van der Waals surface area contributed by atoms with Gasteiger partial charge in [0.05, 0.1) is 12.6 Å². The molecule has 3 aromatic rings. The SMILES string of the molecule is NC(Cc1ccc(O)cc1)C(=O)NC(Cc1c[nH]c2ccccc12)C(=O)NC(CCC(=O)O)C(=O)NC(CO)C(=O)O. The molecule has 224 valence electrons. The summed E-state index contributed by atoms with van der Waals surface area (Å²) in [5.74, 6) is -5.29. The van der Waals surface area contributed by atoms with Gasteiger partial charge >= 0.3 is 11.9 Å². The number of aliphatic carboxylic acids is 2. The number of para-hydroxylation sites is 1. The standard InChI is InChI=1S/C28H33N5O9/c29-19(11-15-5-7-17(35)8-6-15)25(38)32-22(12-16-13-30-20-4-2-1-3-18(16)20)27(40)31-21(9-10-24(36)37)26(39)33-23(14-34)28(41)42/h1-8,13,19,21-23,30,34-35H,9-12,14,29H2,(H,31,40)(H,32,38)(H,33,39)(H,36,37)(H,41,42). The van der Waals surface area contributed by atoms with Crippen molar-refractivity contribution in [1.29, 1.82) is 0 Å². The number of hydrogen-bond acceptors (Lipinski definition) is 8. The second-order valence-corrected chi connectivity index (χ2v) is 9.68. The summed E-state index contributed by atoms with van der Waals surface area (Å²) in [4.78, 5) is 65.0. The molecule has 2 aromatic carbocycles. The third-order valence-electron chi connectivity index (χ3n) is 6.54. The number of hydrogen-bond donors (Lipinski definition) is 9. The molecule has 0 aliphatic carbocycles. The number of phenolic OH excluding ortho intramolecular Hbond substituents is 1. The summed E-state index contributed by atoms with van der Waals surface area (Å²) in [5, 5.41) is 44.9. The summed E-state index contributed by atoms with van der Waals surface area (Å²) in [6.07, 6.45) is 0.801. The number of phenols is 1. The van der Waals surface area contributed by atoms with Crippen molar-refractivity contribution in [3.63, 3.8) is 0 Å². The summed E-state index contributed by atoms with van der Waals surface area (Å²) in [5.41, 5.74) is 8.21. The highest BCUT2D eigenvalue weighted by Crippen LogP contribution is 2.19. The fourth-order valence-corrected chi connectivity index (χ4v) is 4.25. The molecule has 4 unspecified atom stereocenters. The molecule has 0 aliphatic rings. The molecule has 0 saturated carbocycles. The molecule has 10 N–H and O–H groups in total. The van der Waals surface area contributed by atoms with Crippen molar-refractivity contribution >= 4 is 40.6 Å². The van der Waals surface area contributed by atoms with Gasteiger partial charge in [-0.1, -0.05) is 30.3 Å². The number of aliphatic hydroxyl groups is 1. The van der Waals surface area contributed by atoms with Gasteiger partial charge in [-0.2, -0.15) is 0 Å². The lowest BCUT2D eigenvalue weighted by Gasteiger charge is -2.25. The minimum Gasteiger partial charge on any atom is -0.508 e. The van der Waals surface area contributed by atoms with Crippen molar-refractivity contribution in [2.45, 2.75) is 49.9 Å². The molecule has 42 heavy (non-hydrogen) atoms. The van der Waals surface area contributed by atoms with E-state index in [9.17, 15) is 34.2 Å². The van der Waals surface area contributed by atoms with Crippen LogP contribution in [0.25, 0.3) is 10.9 Å². The Morgan fingerprint density at radius 2 is 1.43 bits per heavy atom. The molecular formula is C28H33N5O9. The van der Waals surface area contributed by atoms with Crippen LogP contribution in [-0.2, 0) is 36.8 Å². The van der Waals surface area contributed by atoms with Crippen molar-refractivity contribution in [2.24, 2.45) is 5.73 Å². The molecule has 0 saturated heterocycles. The fourth-order valence-electron chi connectivity index (χ4n) is 4.25. The Morgan fingerprint density at radius 1 is 0.810 bits per heavy atom. The molecule has 14 nitrogen and oxygen atoms in total. The maximum absolute atomic E-state index is 13.5. The molecule has 4 atom stereocenters. The first-order valence-corrected chi connectivity index (χ1v) is 13.0. The van der Waals surface area contributed by atoms with Crippen LogP contribution in [0.1, 0.15) is 24.0 Å². The molecule has 1 aromatic heterocycles. The van der Waals surface area contributed by atoms with Crippen LogP contribution in [0.5, 0.6) is 5.75 Å². The zero-order valence-corrected chi connectivity index (χ0v) is 22.4. The molecule has 0 aliphatic heterocycles. The number of fused-ring (bicyclic) bond motifs is 1. The van der Waals surface area contributed by atoms with E-state index in [0.717, 1.165) is 10.9 Å². The maximum atomic E-state index is 13.5. The lowest BCUT2D eigenvalue weighted by molar-refractivity contribution is -0.144. The van der Waals surface area contributed by atoms with Crippen LogP contribution in [0.2, 0.25) is 0 Å². The first kappa shape index (κ1) is 31.6. The van der Waals surface area contributed by atoms with Gasteiger partial charge in [0.2, 0.25) is 17.7 Å². The molecule has 1 heterocycles. The monoisotopic (exact) mass is 583 g/mol. The van der Waals surface area contributed by atoms with E-state index < -0.39 is 73.3 Å². The van der Waals surface area contributed by atoms with Gasteiger partial charge in [0, 0.05) is 29.9 Å². The number of carboxylic acid groups (broad SMARTS) is 2. The number of aromatic hydroxyl groups is 1. The number of aromatic nitrogens is 1. The number of benzene rings is 2. The highest BCUT2D eigenvalue weighted by molar-refractivity contribution is 5.95. The van der Waals surface area contributed by atoms with Gasteiger partial charge in [-0.15, -0.1) is 0 Å². The Labute approximate surface area is 239 Å². The number of aromatic amines is 1. The van der Waals surface area contributed by atoms with E-state index in [2.05, 4.69) is 20.9 Å². The molecule has 3 rings (SSSR count). The lowest BCUT2D eigenvalue weighted by atomic mass is 10.0. The first-order valence-electron chi connectivity index (χ1n) is 13.0. The number of rotatable bonds is 15. The lowest BCUT2D eigenvalue weighted by Crippen LogP contribution is -2.58. The van der Waals surface area contributed by atoms with E-state index in [1.54, 1.807) is 24.4 Å². The van der Waals surface area contributed by atoms with Gasteiger partial charge in [-0.25, -0.2) is 4.79 Å². The van der Waals surface area contributed by atoms with Crippen LogP contribution in [0.15, 0.2) is 54.7 Å². The third-order valence-corrected chi connectivity index (χ3v) is 6.54. The van der Waals surface area contributed by atoms with Crippen molar-refractivity contribution in [3.8, 4) is 5.75 Å². The summed E-state index contributed by atoms with van der Waals surface area (Å²) < 4.78 is 0. The Bertz CT molecular complexity index is 1420. The van der Waals surface area contributed by atoms with Crippen LogP contribution in [0.3, 0.4) is 0 Å². The summed E-state index contributed by atoms with van der Waals surface area (Å²) in [7, 11) is 0. The zero-order chi connectivity index (χ0) is 30.8. The molecule has 0 spiro atoms. The normalized spacial score (nSPS) is 13.9. The third kappa shape index (κ3) is 8.78. The van der Waals surface area contributed by atoms with Gasteiger partial charge in [0.1, 0.15) is 23.9 Å². The molecule has 0 fully saturated rings. The first-order chi connectivity index (χ1) is 20.0. The largest absolute Gasteiger partial charge is 0.508 e. The Balaban J connectivity index is 1.83. The highest BCUT2D eigenvalue weighted by atomic mass is 16.4. The van der Waals surface area contributed by atoms with Crippen LogP contribution < -0.4 is 21.7 Å². The van der Waals surface area contributed by atoms with Crippen molar-refractivity contribution < 1.29 is 44.4 Å². The predicted octanol–water partition coefficient (Wildman–Crippen LogP) is -0.618. The van der Waals surface area contributed by atoms with E-state index in [-0.39, 0.29) is 18.6 Å². The average molecular weight is 584 g/mol. The minimum atomic E-state index is -1.68. The van der Waals surface area contributed by atoms with Crippen molar-refractivity contribution in [3.05, 3.63) is 65.9 Å². The molecule has 3 amide bonds. The Kier molecular flexibility index (Phi) is 11.0. The number of carbonyl (C=O) groups is 5. The molecule has 14 heteroatoms. The van der Waals surface area contributed by atoms with Crippen LogP contribution >= 0.6 is 0 Å². The van der Waals surface area contributed by atoms with Crippen LogP contribution in [0.4, 0.5) is 0 Å². The van der Waals surface area contributed by atoms with E-state index in [1.165, 1.54) is 12.1 Å². The molecule has 0 bridgehead atoms. The fraction of sp³-hybridized carbons (Fsp3) is 0.321. The number of H-pyrrole nitrogens is 1. The Morgan fingerprint density at radius 3 is 2.07 bits per heavy atom. The maximum Gasteiger partial charge on any atom is 0.328 e. The molecule has 0 radical (unpaired) electrons. The van der Waals surface area contributed by atoms with Crippen LogP contribution in [0, 0.1) is 0 Å². The van der Waals surface area contributed by atoms with E-state index in [4.69, 9.17) is 15.9 Å². The zero-order valence-electron chi connectivity index (χ0n) is 22.4. The topological polar surface area (TPSA) is 244 Å². The quantitative estimate of drug-likeness (QED) is 0.110. The van der Waals surface area contributed by atoms with Gasteiger partial charge < -0.3 is 47.1 Å². The van der Waals surface area contributed by atoms with Gasteiger partial charge in [-0.05, 0) is 42.2 Å². The molecular weight excluding hydrogens is 550 g/mol. The highest BCUT2D eigenvalue weighted by Gasteiger charge is 2.31. The average Bonchev–Trinajstić information content (AvgIpc) is 3.36. The Hall–Kier alpha value is -4.95. The summed E-state index contributed by atoms with van der Waals surface area (Å²) in [6, 6.07) is 7.83. The van der Waals surface area contributed by atoms with E-state index >= 15 is 0 Å². The van der Waals surface area contributed by atoms with Gasteiger partial charge in [0.25, 0.3) is 0 Å². The smallest absolute Gasteiger partial charge is 0.328 e. The number of amides is 3. The van der Waals surface area contributed by atoms with E-state index in [0.29, 0.717) is 11.1 Å². The van der Waals surface area contributed by atoms with Crippen molar-refractivity contribution in [1.82, 2.24) is 20.9 Å². The second kappa shape index (κ2) is 14.6. The second-order valence-electron chi connectivity index (χ2n) is 9.68. The number of carbonyl (C=O) groups excluding carboxylic acids is 3. The van der Waals surface area contributed by atoms with Gasteiger partial charge in [0.15, 0.2) is 0 Å². The summed E-state index contributed by atoms with van der Waals surface area (Å²) >= 11 is 0. The number of aliphatic hydroxyl groups excluding tert-OH is 1. The minimum absolute atomic E-state index is 0.0326. The van der Waals surface area contributed by atoms with E-state index in [1.807, 2.05) is 18.2 Å². The summed E-state index contributed by atoms with van der Waals surface area (Å²) in [6.45, 7) is -0.932. The van der Waals surface area contributed by atoms with Crippen molar-refractivity contribution in [2.75, 3.05) is 6.61 Å². The number of nitrogens with one attached hydrogen (secondary N) is 4. The number of nitrogens with two attached hydrogens (primary N) is 1. The van der Waals surface area contributed by atoms with Gasteiger partial charge in [-0.3, -0.25) is 19.2 Å². The predicted molar refractivity (Wildman–Crippen MR) is 149 cm³/mol. The van der Waals surface area contributed by atoms with Crippen LogP contribution in [-0.4, -0.2) is 85.8 Å².